The zero-order valence-electron chi connectivity index (χ0n) is 12.9. The van der Waals surface area contributed by atoms with E-state index in [1.165, 1.54) is 29.6 Å². The number of ketones is 1. The van der Waals surface area contributed by atoms with Gasteiger partial charge < -0.3 is 4.74 Å². The Kier molecular flexibility index (Phi) is 4.68. The van der Waals surface area contributed by atoms with Crippen LogP contribution in [0.4, 0.5) is 5.13 Å². The van der Waals surface area contributed by atoms with Crippen LogP contribution in [0.5, 0.6) is 5.75 Å². The molecule has 0 spiro atoms. The van der Waals surface area contributed by atoms with E-state index in [0.717, 1.165) is 16.3 Å². The Labute approximate surface area is 146 Å². The summed E-state index contributed by atoms with van der Waals surface area (Å²) in [7, 11) is 1.61. The van der Waals surface area contributed by atoms with Crippen molar-refractivity contribution in [2.45, 2.75) is 6.92 Å². The van der Waals surface area contributed by atoms with Crippen LogP contribution in [0.1, 0.15) is 27.9 Å². The number of carbonyl (C=O) groups is 2. The van der Waals surface area contributed by atoms with Crippen molar-refractivity contribution >= 4 is 39.5 Å². The number of carbonyl (C=O) groups excluding carboxylic acids is 2. The summed E-state index contributed by atoms with van der Waals surface area (Å²) in [5.41, 5.74) is 1.56. The second kappa shape index (κ2) is 6.90. The lowest BCUT2D eigenvalue weighted by Gasteiger charge is -2.00. The molecule has 3 rings (SSSR count). The van der Waals surface area contributed by atoms with Crippen LogP contribution in [-0.4, -0.2) is 28.8 Å². The zero-order chi connectivity index (χ0) is 17.1. The maximum Gasteiger partial charge on any atom is 0.276 e. The fourth-order valence-electron chi connectivity index (χ4n) is 1.90. The number of anilines is 1. The normalized spacial score (nSPS) is 10.4. The van der Waals surface area contributed by atoms with Crippen molar-refractivity contribution in [1.29, 1.82) is 0 Å². The molecule has 3 aromatic rings. The zero-order valence-corrected chi connectivity index (χ0v) is 14.5. The van der Waals surface area contributed by atoms with E-state index in [0.29, 0.717) is 16.5 Å². The van der Waals surface area contributed by atoms with Crippen LogP contribution in [0.25, 0.3) is 10.6 Å². The summed E-state index contributed by atoms with van der Waals surface area (Å²) in [6, 6.07) is 7.46. The molecule has 0 aliphatic carbocycles. The molecule has 0 saturated heterocycles. The molecule has 0 fully saturated rings. The fraction of sp³-hybridized carbons (Fsp3) is 0.125. The molecule has 0 bridgehead atoms. The van der Waals surface area contributed by atoms with Gasteiger partial charge in [-0.2, -0.15) is 0 Å². The number of thiazole rings is 2. The molecule has 2 heterocycles. The maximum absolute atomic E-state index is 12.2. The summed E-state index contributed by atoms with van der Waals surface area (Å²) >= 11 is 2.59. The number of nitrogens with zero attached hydrogens (tertiary/aromatic N) is 2. The van der Waals surface area contributed by atoms with Crippen molar-refractivity contribution in [1.82, 2.24) is 9.97 Å². The minimum Gasteiger partial charge on any atom is -0.497 e. The van der Waals surface area contributed by atoms with E-state index in [9.17, 15) is 9.59 Å². The van der Waals surface area contributed by atoms with Crippen LogP contribution >= 0.6 is 22.7 Å². The van der Waals surface area contributed by atoms with E-state index < -0.39 is 0 Å². The van der Waals surface area contributed by atoms with Crippen LogP contribution < -0.4 is 10.1 Å². The van der Waals surface area contributed by atoms with Gasteiger partial charge >= 0.3 is 0 Å². The molecule has 6 nitrogen and oxygen atoms in total. The average Bonchev–Trinajstić information content (AvgIpc) is 3.24. The highest BCUT2D eigenvalue weighted by molar-refractivity contribution is 7.14. The fourth-order valence-corrected chi connectivity index (χ4v) is 3.45. The summed E-state index contributed by atoms with van der Waals surface area (Å²) < 4.78 is 5.12. The van der Waals surface area contributed by atoms with Crippen LogP contribution in [0.15, 0.2) is 35.0 Å². The minimum absolute atomic E-state index is 0.137. The number of methoxy groups -OCH3 is 1. The van der Waals surface area contributed by atoms with Crippen LogP contribution in [0, 0.1) is 0 Å². The number of hydrogen-bond acceptors (Lipinski definition) is 7. The minimum atomic E-state index is -0.351. The number of Topliss-reactive ketones (excluding diaryl/α,β-unsaturated/α-hetero) is 1. The molecule has 0 aliphatic rings. The number of amides is 1. The number of hydrogen-bond donors (Lipinski definition) is 1. The van der Waals surface area contributed by atoms with E-state index in [4.69, 9.17) is 4.74 Å². The highest BCUT2D eigenvalue weighted by Crippen LogP contribution is 2.26. The van der Waals surface area contributed by atoms with Crippen molar-refractivity contribution in [3.05, 3.63) is 46.4 Å². The van der Waals surface area contributed by atoms with E-state index in [2.05, 4.69) is 15.3 Å². The van der Waals surface area contributed by atoms with Gasteiger partial charge in [-0.25, -0.2) is 9.97 Å². The van der Waals surface area contributed by atoms with Gasteiger partial charge in [0, 0.05) is 23.2 Å². The van der Waals surface area contributed by atoms with Crippen molar-refractivity contribution < 1.29 is 14.3 Å². The van der Waals surface area contributed by atoms with Gasteiger partial charge in [-0.15, -0.1) is 22.7 Å². The van der Waals surface area contributed by atoms with Gasteiger partial charge in [0.15, 0.2) is 10.9 Å². The lowest BCUT2D eigenvalue weighted by molar-refractivity contribution is 0.100. The van der Waals surface area contributed by atoms with Gasteiger partial charge in [0.05, 0.1) is 7.11 Å². The Morgan fingerprint density at radius 1 is 1.04 bits per heavy atom. The Morgan fingerprint density at radius 2 is 1.75 bits per heavy atom. The predicted molar refractivity (Wildman–Crippen MR) is 94.2 cm³/mol. The SMILES string of the molecule is COc1ccc(-c2nc(C(=O)Nc3nc(C(C)=O)cs3)cs2)cc1. The largest absolute Gasteiger partial charge is 0.497 e. The molecular formula is C16H13N3O3S2. The standard InChI is InChI=1S/C16H13N3O3S2/c1-9(20)12-7-24-16(18-12)19-14(21)13-8-23-15(17-13)10-3-5-11(22-2)6-4-10/h3-8H,1-2H3,(H,18,19,21). The Hall–Kier alpha value is -2.58. The Balaban J connectivity index is 1.73. The molecule has 122 valence electrons. The summed E-state index contributed by atoms with van der Waals surface area (Å²) in [6.07, 6.45) is 0. The molecule has 1 N–H and O–H groups in total. The van der Waals surface area contributed by atoms with Crippen molar-refractivity contribution in [2.24, 2.45) is 0 Å². The Bertz CT molecular complexity index is 884. The van der Waals surface area contributed by atoms with Gasteiger partial charge in [-0.1, -0.05) is 0 Å². The number of benzene rings is 1. The third kappa shape index (κ3) is 3.50. The molecule has 0 aliphatic heterocycles. The molecule has 1 amide bonds. The van der Waals surface area contributed by atoms with Crippen LogP contribution in [0.3, 0.4) is 0 Å². The second-order valence-electron chi connectivity index (χ2n) is 4.81. The van der Waals surface area contributed by atoms with Crippen molar-refractivity contribution in [3.63, 3.8) is 0 Å². The average molecular weight is 359 g/mol. The highest BCUT2D eigenvalue weighted by Gasteiger charge is 2.14. The van der Waals surface area contributed by atoms with Gasteiger partial charge in [-0.05, 0) is 24.3 Å². The first-order valence-corrected chi connectivity index (χ1v) is 8.70. The first-order valence-electron chi connectivity index (χ1n) is 6.94. The van der Waals surface area contributed by atoms with Crippen molar-refractivity contribution in [3.8, 4) is 16.3 Å². The third-order valence-corrected chi connectivity index (χ3v) is 4.81. The molecule has 0 saturated carbocycles. The number of aromatic nitrogens is 2. The molecule has 1 aromatic carbocycles. The first-order chi connectivity index (χ1) is 11.6. The molecule has 0 unspecified atom stereocenters. The quantitative estimate of drug-likeness (QED) is 0.702. The summed E-state index contributed by atoms with van der Waals surface area (Å²) in [4.78, 5) is 31.9. The van der Waals surface area contributed by atoms with Crippen LogP contribution in [-0.2, 0) is 0 Å². The smallest absolute Gasteiger partial charge is 0.276 e. The van der Waals surface area contributed by atoms with E-state index in [1.54, 1.807) is 17.9 Å². The number of rotatable bonds is 5. The van der Waals surface area contributed by atoms with Crippen molar-refractivity contribution in [2.75, 3.05) is 12.4 Å². The van der Waals surface area contributed by atoms with Crippen LogP contribution in [0.2, 0.25) is 0 Å². The first kappa shape index (κ1) is 16.3. The monoisotopic (exact) mass is 359 g/mol. The summed E-state index contributed by atoms with van der Waals surface area (Å²) in [5.74, 6) is 0.274. The van der Waals surface area contributed by atoms with E-state index in [1.807, 2.05) is 24.3 Å². The maximum atomic E-state index is 12.2. The highest BCUT2D eigenvalue weighted by atomic mass is 32.1. The third-order valence-electron chi connectivity index (χ3n) is 3.16. The van der Waals surface area contributed by atoms with E-state index >= 15 is 0 Å². The second-order valence-corrected chi connectivity index (χ2v) is 6.53. The van der Waals surface area contributed by atoms with E-state index in [-0.39, 0.29) is 11.7 Å². The molecule has 0 atom stereocenters. The molecule has 24 heavy (non-hydrogen) atoms. The number of nitrogens with one attached hydrogen (secondary N) is 1. The summed E-state index contributed by atoms with van der Waals surface area (Å²) in [6.45, 7) is 1.43. The van der Waals surface area contributed by atoms with Gasteiger partial charge in [0.25, 0.3) is 5.91 Å². The van der Waals surface area contributed by atoms with Gasteiger partial charge in [0.1, 0.15) is 22.1 Å². The lowest BCUT2D eigenvalue weighted by atomic mass is 10.2. The lowest BCUT2D eigenvalue weighted by Crippen LogP contribution is -2.12. The molecule has 2 aromatic heterocycles. The number of ether oxygens (including phenoxy) is 1. The molecular weight excluding hydrogens is 346 g/mol. The van der Waals surface area contributed by atoms with Gasteiger partial charge in [-0.3, -0.25) is 14.9 Å². The topological polar surface area (TPSA) is 81.2 Å². The predicted octanol–water partition coefficient (Wildman–Crippen LogP) is 3.73. The molecule has 8 heteroatoms. The Morgan fingerprint density at radius 3 is 2.38 bits per heavy atom. The summed E-state index contributed by atoms with van der Waals surface area (Å²) in [5, 5.41) is 7.08. The molecule has 0 radical (unpaired) electrons. The van der Waals surface area contributed by atoms with Gasteiger partial charge in [0.2, 0.25) is 0 Å².